The van der Waals surface area contributed by atoms with Gasteiger partial charge in [-0.15, -0.1) is 0 Å². The lowest BCUT2D eigenvalue weighted by molar-refractivity contribution is 0.472. The average Bonchev–Trinajstić information content (AvgIpc) is 2.04. The molecule has 0 saturated carbocycles. The van der Waals surface area contributed by atoms with Gasteiger partial charge in [-0.1, -0.05) is 19.9 Å². The van der Waals surface area contributed by atoms with Gasteiger partial charge in [0.15, 0.2) is 0 Å². The molecule has 0 amide bonds. The van der Waals surface area contributed by atoms with Crippen LogP contribution in [0, 0.1) is 11.9 Å². The van der Waals surface area contributed by atoms with Gasteiger partial charge in [-0.25, -0.2) is 4.98 Å². The second-order valence-corrected chi connectivity index (χ2v) is 3.15. The molecule has 0 aliphatic rings. The standard InChI is InChI=1S/C9H13FN2/c1-6(2)8(11)7-4-3-5-12-9(7)10/h3-6,8H,11H2,1-2H3/t8-/m0/s1. The van der Waals surface area contributed by atoms with Crippen molar-refractivity contribution >= 4 is 0 Å². The summed E-state index contributed by atoms with van der Waals surface area (Å²) in [6.07, 6.45) is 1.42. The average molecular weight is 168 g/mol. The Morgan fingerprint density at radius 3 is 2.67 bits per heavy atom. The molecule has 66 valence electrons. The molecule has 1 heterocycles. The van der Waals surface area contributed by atoms with Gasteiger partial charge in [0.05, 0.1) is 0 Å². The molecule has 3 heteroatoms. The zero-order valence-electron chi connectivity index (χ0n) is 7.29. The van der Waals surface area contributed by atoms with Crippen molar-refractivity contribution in [1.29, 1.82) is 0 Å². The Kier molecular flexibility index (Phi) is 2.76. The van der Waals surface area contributed by atoms with Crippen LogP contribution in [0.2, 0.25) is 0 Å². The molecule has 0 aliphatic heterocycles. The summed E-state index contributed by atoms with van der Waals surface area (Å²) in [6.45, 7) is 3.91. The number of aromatic nitrogens is 1. The van der Waals surface area contributed by atoms with Gasteiger partial charge >= 0.3 is 0 Å². The number of halogens is 1. The molecule has 1 aromatic heterocycles. The fourth-order valence-electron chi connectivity index (χ4n) is 1.01. The van der Waals surface area contributed by atoms with Crippen LogP contribution in [-0.2, 0) is 0 Å². The molecule has 2 N–H and O–H groups in total. The molecular formula is C9H13FN2. The largest absolute Gasteiger partial charge is 0.324 e. The lowest BCUT2D eigenvalue weighted by Gasteiger charge is -2.15. The maximum absolute atomic E-state index is 13.0. The van der Waals surface area contributed by atoms with Crippen LogP contribution in [0.4, 0.5) is 4.39 Å². The van der Waals surface area contributed by atoms with Gasteiger partial charge in [0.1, 0.15) is 0 Å². The van der Waals surface area contributed by atoms with E-state index in [1.165, 1.54) is 6.20 Å². The third kappa shape index (κ3) is 1.80. The summed E-state index contributed by atoms with van der Waals surface area (Å²) >= 11 is 0. The van der Waals surface area contributed by atoms with Crippen molar-refractivity contribution in [3.8, 4) is 0 Å². The lowest BCUT2D eigenvalue weighted by atomic mass is 9.98. The van der Waals surface area contributed by atoms with E-state index in [0.29, 0.717) is 5.56 Å². The van der Waals surface area contributed by atoms with Crippen LogP contribution >= 0.6 is 0 Å². The lowest BCUT2D eigenvalue weighted by Crippen LogP contribution is -2.18. The van der Waals surface area contributed by atoms with E-state index in [2.05, 4.69) is 4.98 Å². The summed E-state index contributed by atoms with van der Waals surface area (Å²) in [7, 11) is 0. The fourth-order valence-corrected chi connectivity index (χ4v) is 1.01. The van der Waals surface area contributed by atoms with E-state index < -0.39 is 5.95 Å². The molecule has 0 bridgehead atoms. The third-order valence-corrected chi connectivity index (χ3v) is 1.87. The molecule has 2 nitrogen and oxygen atoms in total. The quantitative estimate of drug-likeness (QED) is 0.685. The van der Waals surface area contributed by atoms with Crippen LogP contribution in [0.15, 0.2) is 18.3 Å². The Morgan fingerprint density at radius 2 is 2.17 bits per heavy atom. The summed E-state index contributed by atoms with van der Waals surface area (Å²) in [4.78, 5) is 3.54. The zero-order chi connectivity index (χ0) is 9.14. The van der Waals surface area contributed by atoms with Crippen LogP contribution in [0.3, 0.4) is 0 Å². The highest BCUT2D eigenvalue weighted by Gasteiger charge is 2.14. The fraction of sp³-hybridized carbons (Fsp3) is 0.444. The normalized spacial score (nSPS) is 13.4. The molecule has 12 heavy (non-hydrogen) atoms. The van der Waals surface area contributed by atoms with Crippen LogP contribution in [0.5, 0.6) is 0 Å². The van der Waals surface area contributed by atoms with Gasteiger partial charge in [0.25, 0.3) is 0 Å². The highest BCUT2D eigenvalue weighted by Crippen LogP contribution is 2.19. The van der Waals surface area contributed by atoms with E-state index in [-0.39, 0.29) is 12.0 Å². The molecule has 1 aromatic rings. The number of rotatable bonds is 2. The van der Waals surface area contributed by atoms with Crippen molar-refractivity contribution in [2.75, 3.05) is 0 Å². The van der Waals surface area contributed by atoms with E-state index in [1.807, 2.05) is 13.8 Å². The monoisotopic (exact) mass is 168 g/mol. The molecule has 0 fully saturated rings. The molecule has 0 aromatic carbocycles. The molecular weight excluding hydrogens is 155 g/mol. The minimum atomic E-state index is -0.460. The maximum atomic E-state index is 13.0. The number of nitrogens with zero attached hydrogens (tertiary/aromatic N) is 1. The number of pyridine rings is 1. The van der Waals surface area contributed by atoms with Crippen molar-refractivity contribution < 1.29 is 4.39 Å². The predicted octanol–water partition coefficient (Wildman–Crippen LogP) is 1.88. The van der Waals surface area contributed by atoms with Crippen molar-refractivity contribution in [1.82, 2.24) is 4.98 Å². The summed E-state index contributed by atoms with van der Waals surface area (Å²) in [5.41, 5.74) is 6.25. The second-order valence-electron chi connectivity index (χ2n) is 3.15. The molecule has 0 spiro atoms. The molecule has 0 saturated heterocycles. The van der Waals surface area contributed by atoms with Gasteiger partial charge in [-0.05, 0) is 12.0 Å². The Hall–Kier alpha value is -0.960. The molecule has 1 rings (SSSR count). The zero-order valence-corrected chi connectivity index (χ0v) is 7.29. The highest BCUT2D eigenvalue weighted by atomic mass is 19.1. The van der Waals surface area contributed by atoms with E-state index in [4.69, 9.17) is 5.73 Å². The molecule has 1 atom stereocenters. The SMILES string of the molecule is CC(C)[C@H](N)c1cccnc1F. The van der Waals surface area contributed by atoms with E-state index >= 15 is 0 Å². The minimum absolute atomic E-state index is 0.226. The Morgan fingerprint density at radius 1 is 1.50 bits per heavy atom. The number of hydrogen-bond donors (Lipinski definition) is 1. The van der Waals surface area contributed by atoms with Crippen molar-refractivity contribution in [2.45, 2.75) is 19.9 Å². The van der Waals surface area contributed by atoms with E-state index in [9.17, 15) is 4.39 Å². The first-order chi connectivity index (χ1) is 5.63. The predicted molar refractivity (Wildman–Crippen MR) is 46.0 cm³/mol. The topological polar surface area (TPSA) is 38.9 Å². The van der Waals surface area contributed by atoms with Crippen molar-refractivity contribution in [2.24, 2.45) is 11.7 Å². The van der Waals surface area contributed by atoms with Crippen molar-refractivity contribution in [3.63, 3.8) is 0 Å². The minimum Gasteiger partial charge on any atom is -0.324 e. The first-order valence-corrected chi connectivity index (χ1v) is 3.99. The van der Waals surface area contributed by atoms with Crippen molar-refractivity contribution in [3.05, 3.63) is 29.8 Å². The van der Waals surface area contributed by atoms with Gasteiger partial charge in [-0.3, -0.25) is 0 Å². The van der Waals surface area contributed by atoms with E-state index in [0.717, 1.165) is 0 Å². The van der Waals surface area contributed by atoms with Gasteiger partial charge in [0.2, 0.25) is 5.95 Å². The number of hydrogen-bond acceptors (Lipinski definition) is 2. The first-order valence-electron chi connectivity index (χ1n) is 3.99. The van der Waals surface area contributed by atoms with Crippen LogP contribution in [0.1, 0.15) is 25.5 Å². The smallest absolute Gasteiger partial charge is 0.217 e. The van der Waals surface area contributed by atoms with Crippen LogP contribution < -0.4 is 5.73 Å². The maximum Gasteiger partial charge on any atom is 0.217 e. The Balaban J connectivity index is 2.94. The van der Waals surface area contributed by atoms with Crippen LogP contribution in [0.25, 0.3) is 0 Å². The Bertz CT molecular complexity index is 260. The molecule has 0 unspecified atom stereocenters. The van der Waals surface area contributed by atoms with Gasteiger partial charge < -0.3 is 5.73 Å². The number of nitrogens with two attached hydrogens (primary N) is 1. The third-order valence-electron chi connectivity index (χ3n) is 1.87. The first kappa shape index (κ1) is 9.13. The van der Waals surface area contributed by atoms with Gasteiger partial charge in [0, 0.05) is 17.8 Å². The summed E-state index contributed by atoms with van der Waals surface area (Å²) in [6, 6.07) is 3.10. The summed E-state index contributed by atoms with van der Waals surface area (Å²) in [5.74, 6) is -0.234. The summed E-state index contributed by atoms with van der Waals surface area (Å²) < 4.78 is 13.0. The van der Waals surface area contributed by atoms with Crippen LogP contribution in [-0.4, -0.2) is 4.98 Å². The highest BCUT2D eigenvalue weighted by molar-refractivity contribution is 5.15. The summed E-state index contributed by atoms with van der Waals surface area (Å²) in [5, 5.41) is 0. The molecule has 0 radical (unpaired) electrons. The van der Waals surface area contributed by atoms with Gasteiger partial charge in [-0.2, -0.15) is 4.39 Å². The van der Waals surface area contributed by atoms with E-state index in [1.54, 1.807) is 12.1 Å². The second kappa shape index (κ2) is 3.63. The Labute approximate surface area is 71.6 Å². The molecule has 0 aliphatic carbocycles.